The Morgan fingerprint density at radius 1 is 1.25 bits per heavy atom. The van der Waals surface area contributed by atoms with Gasteiger partial charge in [-0.15, -0.1) is 11.3 Å². The van der Waals surface area contributed by atoms with Crippen molar-refractivity contribution in [3.63, 3.8) is 0 Å². The number of aryl methyl sites for hydroxylation is 2. The predicted octanol–water partition coefficient (Wildman–Crippen LogP) is 2.90. The maximum absolute atomic E-state index is 12.1. The van der Waals surface area contributed by atoms with Crippen LogP contribution in [0.1, 0.15) is 34.0 Å². The molecule has 1 heterocycles. The summed E-state index contributed by atoms with van der Waals surface area (Å²) in [6.07, 6.45) is 0. The molecular weight excluding hydrogens is 224 g/mol. The van der Waals surface area contributed by atoms with E-state index in [2.05, 4.69) is 0 Å². The standard InChI is InChI=1S/C12H16O3S/c1-6-5-10(9(4)16-6)11(13)7(2)8(3)12(14)15/h5,7-8H,1-4H3,(H,14,15). The van der Waals surface area contributed by atoms with Gasteiger partial charge in [-0.2, -0.15) is 0 Å². The maximum Gasteiger partial charge on any atom is 0.306 e. The summed E-state index contributed by atoms with van der Waals surface area (Å²) in [5, 5.41) is 8.87. The average Bonchev–Trinajstić information content (AvgIpc) is 2.54. The summed E-state index contributed by atoms with van der Waals surface area (Å²) in [7, 11) is 0. The fourth-order valence-electron chi connectivity index (χ4n) is 1.56. The van der Waals surface area contributed by atoms with Crippen LogP contribution in [0.25, 0.3) is 0 Å². The molecule has 2 unspecified atom stereocenters. The fraction of sp³-hybridized carbons (Fsp3) is 0.500. The first-order valence-corrected chi connectivity index (χ1v) is 6.00. The highest BCUT2D eigenvalue weighted by Gasteiger charge is 2.27. The quantitative estimate of drug-likeness (QED) is 0.823. The maximum atomic E-state index is 12.1. The highest BCUT2D eigenvalue weighted by atomic mass is 32.1. The van der Waals surface area contributed by atoms with Crippen LogP contribution in [-0.4, -0.2) is 16.9 Å². The average molecular weight is 240 g/mol. The molecule has 2 atom stereocenters. The van der Waals surface area contributed by atoms with Gasteiger partial charge >= 0.3 is 5.97 Å². The van der Waals surface area contributed by atoms with Crippen molar-refractivity contribution in [3.05, 3.63) is 21.4 Å². The number of carboxylic acid groups (broad SMARTS) is 1. The lowest BCUT2D eigenvalue weighted by atomic mass is 9.88. The van der Waals surface area contributed by atoms with Gasteiger partial charge in [0.15, 0.2) is 5.78 Å². The summed E-state index contributed by atoms with van der Waals surface area (Å²) in [5.74, 6) is -2.13. The van der Waals surface area contributed by atoms with Gasteiger partial charge in [0.05, 0.1) is 5.92 Å². The number of aliphatic carboxylic acids is 1. The van der Waals surface area contributed by atoms with Crippen molar-refractivity contribution in [1.29, 1.82) is 0 Å². The molecule has 0 aromatic carbocycles. The number of carboxylic acids is 1. The molecule has 16 heavy (non-hydrogen) atoms. The highest BCUT2D eigenvalue weighted by molar-refractivity contribution is 7.12. The fourth-order valence-corrected chi connectivity index (χ4v) is 2.49. The molecule has 0 aliphatic heterocycles. The van der Waals surface area contributed by atoms with Gasteiger partial charge in [0.2, 0.25) is 0 Å². The van der Waals surface area contributed by atoms with Gasteiger partial charge in [-0.3, -0.25) is 9.59 Å². The third kappa shape index (κ3) is 2.50. The van der Waals surface area contributed by atoms with E-state index >= 15 is 0 Å². The van der Waals surface area contributed by atoms with Crippen LogP contribution < -0.4 is 0 Å². The normalized spacial score (nSPS) is 14.5. The van der Waals surface area contributed by atoms with E-state index in [1.54, 1.807) is 25.2 Å². The van der Waals surface area contributed by atoms with Crippen LogP contribution >= 0.6 is 11.3 Å². The smallest absolute Gasteiger partial charge is 0.306 e. The number of thiophene rings is 1. The van der Waals surface area contributed by atoms with Crippen LogP contribution in [0.15, 0.2) is 6.07 Å². The van der Waals surface area contributed by atoms with Gasteiger partial charge < -0.3 is 5.11 Å². The van der Waals surface area contributed by atoms with Crippen LogP contribution in [0.2, 0.25) is 0 Å². The molecule has 88 valence electrons. The lowest BCUT2D eigenvalue weighted by Gasteiger charge is -2.14. The Hall–Kier alpha value is -1.16. The minimum atomic E-state index is -0.926. The molecule has 0 aliphatic rings. The Balaban J connectivity index is 2.94. The molecule has 0 spiro atoms. The molecule has 1 N–H and O–H groups in total. The van der Waals surface area contributed by atoms with E-state index in [1.807, 2.05) is 19.9 Å². The van der Waals surface area contributed by atoms with Gasteiger partial charge in [0, 0.05) is 21.2 Å². The molecule has 0 saturated heterocycles. The van der Waals surface area contributed by atoms with E-state index in [9.17, 15) is 9.59 Å². The SMILES string of the molecule is Cc1cc(C(=O)C(C)C(C)C(=O)O)c(C)s1. The van der Waals surface area contributed by atoms with Gasteiger partial charge in [-0.05, 0) is 19.9 Å². The van der Waals surface area contributed by atoms with Gasteiger partial charge in [0.1, 0.15) is 0 Å². The molecule has 1 aromatic heterocycles. The van der Waals surface area contributed by atoms with Crippen LogP contribution in [0.5, 0.6) is 0 Å². The lowest BCUT2D eigenvalue weighted by Crippen LogP contribution is -2.25. The Bertz CT molecular complexity index is 420. The van der Waals surface area contributed by atoms with Gasteiger partial charge in [0.25, 0.3) is 0 Å². The van der Waals surface area contributed by atoms with Crippen molar-refractivity contribution in [1.82, 2.24) is 0 Å². The van der Waals surface area contributed by atoms with E-state index < -0.39 is 17.8 Å². The summed E-state index contributed by atoms with van der Waals surface area (Å²) in [6.45, 7) is 7.08. The molecule has 0 aliphatic carbocycles. The first-order valence-electron chi connectivity index (χ1n) is 5.18. The molecule has 4 heteroatoms. The highest BCUT2D eigenvalue weighted by Crippen LogP contribution is 2.25. The van der Waals surface area contributed by atoms with Crippen LogP contribution in [0.4, 0.5) is 0 Å². The Labute approximate surface area is 99.1 Å². The zero-order chi connectivity index (χ0) is 12.5. The van der Waals surface area contributed by atoms with Crippen molar-refractivity contribution in [2.75, 3.05) is 0 Å². The molecule has 1 aromatic rings. The minimum Gasteiger partial charge on any atom is -0.481 e. The largest absolute Gasteiger partial charge is 0.481 e. The van der Waals surface area contributed by atoms with Crippen LogP contribution in [-0.2, 0) is 4.79 Å². The molecule has 0 saturated carbocycles. The second-order valence-electron chi connectivity index (χ2n) is 4.11. The molecule has 0 fully saturated rings. The number of Topliss-reactive ketones (excluding diaryl/α,β-unsaturated/α-hetero) is 1. The van der Waals surface area contributed by atoms with E-state index in [-0.39, 0.29) is 5.78 Å². The number of hydrogen-bond acceptors (Lipinski definition) is 3. The van der Waals surface area contributed by atoms with Crippen LogP contribution in [0.3, 0.4) is 0 Å². The summed E-state index contributed by atoms with van der Waals surface area (Å²) >= 11 is 1.57. The second-order valence-corrected chi connectivity index (χ2v) is 5.57. The molecule has 0 amide bonds. The first kappa shape index (κ1) is 12.9. The zero-order valence-electron chi connectivity index (χ0n) is 9.90. The monoisotopic (exact) mass is 240 g/mol. The summed E-state index contributed by atoms with van der Waals surface area (Å²) in [5.41, 5.74) is 0.670. The molecule has 3 nitrogen and oxygen atoms in total. The number of ketones is 1. The first-order chi connectivity index (χ1) is 7.34. The number of rotatable bonds is 4. The lowest BCUT2D eigenvalue weighted by molar-refractivity contribution is -0.142. The Morgan fingerprint density at radius 3 is 2.19 bits per heavy atom. The summed E-state index contributed by atoms with van der Waals surface area (Å²) in [4.78, 5) is 24.9. The third-order valence-electron chi connectivity index (χ3n) is 2.86. The molecule has 0 bridgehead atoms. The zero-order valence-corrected chi connectivity index (χ0v) is 10.7. The number of carbonyl (C=O) groups excluding carboxylic acids is 1. The molecular formula is C12H16O3S. The number of hydrogen-bond donors (Lipinski definition) is 1. The van der Waals surface area contributed by atoms with Crippen molar-refractivity contribution in [3.8, 4) is 0 Å². The third-order valence-corrected chi connectivity index (χ3v) is 3.83. The topological polar surface area (TPSA) is 54.4 Å². The van der Waals surface area contributed by atoms with Crippen molar-refractivity contribution < 1.29 is 14.7 Å². The van der Waals surface area contributed by atoms with Crippen molar-refractivity contribution >= 4 is 23.1 Å². The second kappa shape index (κ2) is 4.78. The molecule has 1 rings (SSSR count). The Kier molecular flexibility index (Phi) is 3.86. The van der Waals surface area contributed by atoms with Gasteiger partial charge in [-0.1, -0.05) is 13.8 Å². The van der Waals surface area contributed by atoms with E-state index in [0.717, 1.165) is 9.75 Å². The van der Waals surface area contributed by atoms with E-state index in [0.29, 0.717) is 5.56 Å². The Morgan fingerprint density at radius 2 is 1.81 bits per heavy atom. The van der Waals surface area contributed by atoms with Gasteiger partial charge in [-0.25, -0.2) is 0 Å². The van der Waals surface area contributed by atoms with E-state index in [1.165, 1.54) is 0 Å². The number of carbonyl (C=O) groups is 2. The molecule has 0 radical (unpaired) electrons. The van der Waals surface area contributed by atoms with Crippen molar-refractivity contribution in [2.24, 2.45) is 11.8 Å². The minimum absolute atomic E-state index is 0.0725. The van der Waals surface area contributed by atoms with Crippen molar-refractivity contribution in [2.45, 2.75) is 27.7 Å². The summed E-state index contributed by atoms with van der Waals surface area (Å²) in [6, 6.07) is 1.84. The van der Waals surface area contributed by atoms with E-state index in [4.69, 9.17) is 5.11 Å². The predicted molar refractivity (Wildman–Crippen MR) is 64.1 cm³/mol. The summed E-state index contributed by atoms with van der Waals surface area (Å²) < 4.78 is 0. The van der Waals surface area contributed by atoms with Crippen LogP contribution in [0, 0.1) is 25.7 Å².